The second kappa shape index (κ2) is 8.31. The molecule has 1 aromatic heterocycles. The molecular weight excluding hydrogens is 266 g/mol. The molecule has 1 aromatic rings. The van der Waals surface area contributed by atoms with Crippen molar-refractivity contribution in [1.29, 1.82) is 0 Å². The maximum absolute atomic E-state index is 10.9. The Morgan fingerprint density at radius 1 is 1.43 bits per heavy atom. The van der Waals surface area contributed by atoms with Crippen LogP contribution in [0, 0.1) is 0 Å². The van der Waals surface area contributed by atoms with Crippen molar-refractivity contribution < 1.29 is 4.79 Å². The summed E-state index contributed by atoms with van der Waals surface area (Å²) in [6.45, 7) is 7.17. The summed E-state index contributed by atoms with van der Waals surface area (Å²) in [7, 11) is 3.25. The van der Waals surface area contributed by atoms with Gasteiger partial charge in [-0.2, -0.15) is 0 Å². The normalized spacial score (nSPS) is 12.3. The van der Waals surface area contributed by atoms with E-state index in [1.54, 1.807) is 38.6 Å². The minimum Gasteiger partial charge on any atom is -0.339 e. The molecule has 0 aromatic carbocycles. The first-order valence-electron chi connectivity index (χ1n) is 6.10. The summed E-state index contributed by atoms with van der Waals surface area (Å²) in [6, 6.07) is 3.57. The Bertz CT molecular complexity index is 629. The average molecular weight is 283 g/mol. The Kier molecular flexibility index (Phi) is 6.40. The van der Waals surface area contributed by atoms with Gasteiger partial charge in [0.1, 0.15) is 5.84 Å². The third kappa shape index (κ3) is 4.31. The number of pyridine rings is 1. The molecule has 0 saturated heterocycles. The third-order valence-corrected chi connectivity index (χ3v) is 2.55. The lowest BCUT2D eigenvalue weighted by Gasteiger charge is -2.13. The smallest absolute Gasteiger partial charge is 0.162 e. The van der Waals surface area contributed by atoms with Crippen molar-refractivity contribution in [1.82, 2.24) is 10.3 Å². The zero-order chi connectivity index (χ0) is 15.7. The predicted molar refractivity (Wildman–Crippen MR) is 86.7 cm³/mol. The summed E-state index contributed by atoms with van der Waals surface area (Å²) in [5.74, 6) is 0.954. The summed E-state index contributed by atoms with van der Waals surface area (Å²) < 4.78 is 0. The molecule has 0 atom stereocenters. The van der Waals surface area contributed by atoms with Crippen molar-refractivity contribution in [3.63, 3.8) is 0 Å². The van der Waals surface area contributed by atoms with Crippen LogP contribution in [0.5, 0.6) is 0 Å². The number of nitrogens with zero attached hydrogens (tertiary/aromatic N) is 4. The molecule has 1 N–H and O–H groups in total. The molecule has 1 rings (SSSR count). The zero-order valence-electron chi connectivity index (χ0n) is 12.1. The summed E-state index contributed by atoms with van der Waals surface area (Å²) in [6.07, 6.45) is 5.47. The first-order chi connectivity index (χ1) is 10.2. The maximum Gasteiger partial charge on any atom is 0.162 e. The van der Waals surface area contributed by atoms with Gasteiger partial charge in [0.2, 0.25) is 0 Å². The lowest BCUT2D eigenvalue weighted by atomic mass is 10.2. The molecule has 0 radical (unpaired) electrons. The number of hydrogen-bond donors (Lipinski definition) is 1. The Hall–Kier alpha value is -2.89. The Morgan fingerprint density at radius 2 is 2.19 bits per heavy atom. The van der Waals surface area contributed by atoms with E-state index in [9.17, 15) is 4.79 Å². The van der Waals surface area contributed by atoms with E-state index in [1.165, 1.54) is 0 Å². The summed E-state index contributed by atoms with van der Waals surface area (Å²) in [4.78, 5) is 26.9. The minimum atomic E-state index is 0.285. The van der Waals surface area contributed by atoms with Crippen LogP contribution >= 0.6 is 0 Å². The quantitative estimate of drug-likeness (QED) is 0.284. The van der Waals surface area contributed by atoms with E-state index < -0.39 is 0 Å². The number of allylic oxidation sites excluding steroid dienone is 2. The highest BCUT2D eigenvalue weighted by atomic mass is 16.1. The Balaban J connectivity index is 3.19. The standard InChI is InChI=1S/C15H17N5O/c1-11(10-21)13(7-9-16-2)20-15(18-4)12-6-5-8-19-14(12)17-3/h5-10H,1,3H2,2,4H3,(H,18,20)/b13-7+,16-9-. The number of hydrogen-bond acceptors (Lipinski definition) is 5. The van der Waals surface area contributed by atoms with Crippen molar-refractivity contribution >= 4 is 30.9 Å². The molecule has 6 nitrogen and oxygen atoms in total. The van der Waals surface area contributed by atoms with Gasteiger partial charge in [0.15, 0.2) is 12.1 Å². The van der Waals surface area contributed by atoms with Crippen LogP contribution in [0.15, 0.2) is 57.2 Å². The predicted octanol–water partition coefficient (Wildman–Crippen LogP) is 1.72. The van der Waals surface area contributed by atoms with E-state index in [0.717, 1.165) is 0 Å². The van der Waals surface area contributed by atoms with Gasteiger partial charge in [-0.05, 0) is 24.9 Å². The summed E-state index contributed by atoms with van der Waals surface area (Å²) in [5, 5.41) is 3.04. The Labute approximate surface area is 123 Å². The lowest BCUT2D eigenvalue weighted by molar-refractivity contribution is -0.104. The van der Waals surface area contributed by atoms with Crippen LogP contribution in [0.2, 0.25) is 0 Å². The van der Waals surface area contributed by atoms with E-state index in [4.69, 9.17) is 0 Å². The van der Waals surface area contributed by atoms with Crippen molar-refractivity contribution in [2.24, 2.45) is 15.0 Å². The monoisotopic (exact) mass is 283 g/mol. The first-order valence-corrected chi connectivity index (χ1v) is 6.10. The summed E-state index contributed by atoms with van der Waals surface area (Å²) >= 11 is 0. The molecule has 0 spiro atoms. The fourth-order valence-electron chi connectivity index (χ4n) is 1.52. The van der Waals surface area contributed by atoms with E-state index in [0.29, 0.717) is 29.2 Å². The molecule has 0 unspecified atom stereocenters. The fourth-order valence-corrected chi connectivity index (χ4v) is 1.52. The van der Waals surface area contributed by atoms with E-state index in [-0.39, 0.29) is 5.57 Å². The largest absolute Gasteiger partial charge is 0.339 e. The van der Waals surface area contributed by atoms with Gasteiger partial charge >= 0.3 is 0 Å². The highest BCUT2D eigenvalue weighted by Gasteiger charge is 2.11. The highest BCUT2D eigenvalue weighted by Crippen LogP contribution is 2.15. The van der Waals surface area contributed by atoms with Gasteiger partial charge in [-0.1, -0.05) is 6.58 Å². The van der Waals surface area contributed by atoms with Crippen LogP contribution in [0.1, 0.15) is 5.56 Å². The van der Waals surface area contributed by atoms with Crippen LogP contribution in [-0.4, -0.2) is 44.1 Å². The van der Waals surface area contributed by atoms with E-state index in [1.807, 2.05) is 6.07 Å². The number of nitrogens with one attached hydrogen (secondary N) is 1. The molecular formula is C15H17N5O. The molecule has 0 fully saturated rings. The van der Waals surface area contributed by atoms with Crippen molar-refractivity contribution in [3.8, 4) is 0 Å². The van der Waals surface area contributed by atoms with Crippen LogP contribution in [0.25, 0.3) is 0 Å². The minimum absolute atomic E-state index is 0.285. The second-order valence-electron chi connectivity index (χ2n) is 3.86. The molecule has 0 saturated carbocycles. The fraction of sp³-hybridized carbons (Fsp3) is 0.133. The van der Waals surface area contributed by atoms with Gasteiger partial charge in [0.25, 0.3) is 0 Å². The third-order valence-electron chi connectivity index (χ3n) is 2.55. The molecule has 6 heteroatoms. The molecule has 1 heterocycles. The molecule has 0 aliphatic carbocycles. The summed E-state index contributed by atoms with van der Waals surface area (Å²) in [5.41, 5.74) is 1.45. The highest BCUT2D eigenvalue weighted by molar-refractivity contribution is 6.04. The molecule has 0 aliphatic rings. The average Bonchev–Trinajstić information content (AvgIpc) is 2.54. The van der Waals surface area contributed by atoms with Gasteiger partial charge in [-0.15, -0.1) is 0 Å². The first kappa shape index (κ1) is 16.2. The van der Waals surface area contributed by atoms with Gasteiger partial charge in [0.05, 0.1) is 11.3 Å². The number of rotatable bonds is 6. The van der Waals surface area contributed by atoms with Crippen LogP contribution in [0.4, 0.5) is 5.82 Å². The topological polar surface area (TPSA) is 79.1 Å². The molecule has 108 valence electrons. The van der Waals surface area contributed by atoms with Crippen LogP contribution in [-0.2, 0) is 4.79 Å². The zero-order valence-corrected chi connectivity index (χ0v) is 12.1. The van der Waals surface area contributed by atoms with Gasteiger partial charge < -0.3 is 5.32 Å². The molecule has 0 bridgehead atoms. The lowest BCUT2D eigenvalue weighted by Crippen LogP contribution is -2.25. The van der Waals surface area contributed by atoms with Gasteiger partial charge in [-0.3, -0.25) is 14.8 Å². The van der Waals surface area contributed by atoms with Crippen molar-refractivity contribution in [2.45, 2.75) is 0 Å². The number of amidine groups is 1. The molecule has 21 heavy (non-hydrogen) atoms. The molecule has 0 amide bonds. The van der Waals surface area contributed by atoms with E-state index >= 15 is 0 Å². The number of aliphatic imine (C=N–C) groups is 3. The van der Waals surface area contributed by atoms with Crippen LogP contribution in [0.3, 0.4) is 0 Å². The number of aromatic nitrogens is 1. The van der Waals surface area contributed by atoms with Crippen molar-refractivity contribution in [2.75, 3.05) is 14.1 Å². The van der Waals surface area contributed by atoms with Gasteiger partial charge in [0, 0.05) is 32.1 Å². The SMILES string of the molecule is C=Nc1ncccc1/C(=N\C)N/C(=C/C=N\C)C(=C)C=O. The van der Waals surface area contributed by atoms with Gasteiger partial charge in [-0.25, -0.2) is 9.98 Å². The number of aldehydes is 1. The second-order valence-corrected chi connectivity index (χ2v) is 3.86. The van der Waals surface area contributed by atoms with Crippen molar-refractivity contribution in [3.05, 3.63) is 47.8 Å². The maximum atomic E-state index is 10.9. The van der Waals surface area contributed by atoms with Crippen LogP contribution < -0.4 is 5.32 Å². The number of carbonyl (C=O) groups is 1. The van der Waals surface area contributed by atoms with E-state index in [2.05, 4.69) is 38.6 Å². The number of carbonyl (C=O) groups excluding carboxylic acids is 1. The molecule has 0 aliphatic heterocycles. The Morgan fingerprint density at radius 3 is 2.76 bits per heavy atom.